The van der Waals surface area contributed by atoms with Gasteiger partial charge in [0.1, 0.15) is 0 Å². The van der Waals surface area contributed by atoms with Gasteiger partial charge >= 0.3 is 12.0 Å². The number of carboxylic acid groups (broad SMARTS) is 1. The maximum Gasteiger partial charge on any atom is 0.315 e. The van der Waals surface area contributed by atoms with Gasteiger partial charge in [0.25, 0.3) is 0 Å². The number of nitrogens with one attached hydrogen (secondary N) is 2. The van der Waals surface area contributed by atoms with Crippen LogP contribution in [0, 0.1) is 12.8 Å². The van der Waals surface area contributed by atoms with E-state index in [1.807, 2.05) is 26.0 Å². The summed E-state index contributed by atoms with van der Waals surface area (Å²) in [5.41, 5.74) is 0. The number of carbonyl (C=O) groups is 2. The van der Waals surface area contributed by atoms with Crippen LogP contribution in [0.2, 0.25) is 0 Å². The monoisotopic (exact) mass is 284 g/mol. The maximum atomic E-state index is 11.6. The van der Waals surface area contributed by atoms with Crippen molar-refractivity contribution in [3.05, 3.63) is 21.9 Å². The Morgan fingerprint density at radius 3 is 2.58 bits per heavy atom. The summed E-state index contributed by atoms with van der Waals surface area (Å²) in [5.74, 6) is -1.29. The van der Waals surface area contributed by atoms with Gasteiger partial charge in [-0.25, -0.2) is 4.79 Å². The molecule has 106 valence electrons. The molecule has 2 unspecified atom stereocenters. The maximum absolute atomic E-state index is 11.6. The van der Waals surface area contributed by atoms with Crippen molar-refractivity contribution in [3.8, 4) is 0 Å². The number of aliphatic carboxylic acids is 1. The number of aryl methyl sites for hydroxylation is 1. The van der Waals surface area contributed by atoms with Crippen molar-refractivity contribution in [1.29, 1.82) is 0 Å². The molecule has 0 aliphatic carbocycles. The highest BCUT2D eigenvalue weighted by Gasteiger charge is 2.13. The average Bonchev–Trinajstić information content (AvgIpc) is 2.75. The molecule has 1 aromatic rings. The van der Waals surface area contributed by atoms with E-state index in [1.54, 1.807) is 18.3 Å². The zero-order valence-electron chi connectivity index (χ0n) is 11.4. The van der Waals surface area contributed by atoms with Gasteiger partial charge in [-0.15, -0.1) is 11.3 Å². The minimum absolute atomic E-state index is 0.0457. The van der Waals surface area contributed by atoms with E-state index in [2.05, 4.69) is 10.6 Å². The highest BCUT2D eigenvalue weighted by Crippen LogP contribution is 2.21. The van der Waals surface area contributed by atoms with Crippen LogP contribution in [-0.2, 0) is 4.79 Å². The summed E-state index contributed by atoms with van der Waals surface area (Å²) in [6, 6.07) is 3.70. The van der Waals surface area contributed by atoms with Gasteiger partial charge in [0, 0.05) is 16.3 Å². The van der Waals surface area contributed by atoms with E-state index in [4.69, 9.17) is 5.11 Å². The molecule has 1 rings (SSSR count). The molecule has 3 N–H and O–H groups in total. The first-order valence-electron chi connectivity index (χ1n) is 6.23. The van der Waals surface area contributed by atoms with Gasteiger partial charge < -0.3 is 15.7 Å². The van der Waals surface area contributed by atoms with Crippen LogP contribution in [0.25, 0.3) is 0 Å². The van der Waals surface area contributed by atoms with Gasteiger partial charge in [-0.05, 0) is 32.4 Å². The van der Waals surface area contributed by atoms with Crippen molar-refractivity contribution in [2.75, 3.05) is 6.54 Å². The van der Waals surface area contributed by atoms with Crippen LogP contribution < -0.4 is 10.6 Å². The number of urea groups is 1. The van der Waals surface area contributed by atoms with E-state index < -0.39 is 11.9 Å². The molecule has 19 heavy (non-hydrogen) atoms. The Morgan fingerprint density at radius 2 is 2.05 bits per heavy atom. The van der Waals surface area contributed by atoms with Gasteiger partial charge in [0.2, 0.25) is 0 Å². The third-order valence-electron chi connectivity index (χ3n) is 2.82. The van der Waals surface area contributed by atoms with Crippen LogP contribution in [-0.4, -0.2) is 23.7 Å². The minimum atomic E-state index is -0.843. The molecule has 2 amide bonds. The van der Waals surface area contributed by atoms with Gasteiger partial charge in [0.15, 0.2) is 0 Å². The van der Waals surface area contributed by atoms with E-state index >= 15 is 0 Å². The molecule has 6 heteroatoms. The molecular formula is C13H20N2O3S. The van der Waals surface area contributed by atoms with E-state index in [0.717, 1.165) is 4.88 Å². The fraction of sp³-hybridized carbons (Fsp3) is 0.538. The van der Waals surface area contributed by atoms with E-state index in [0.29, 0.717) is 13.0 Å². The van der Waals surface area contributed by atoms with Crippen molar-refractivity contribution in [1.82, 2.24) is 10.6 Å². The Hall–Kier alpha value is -1.56. The van der Waals surface area contributed by atoms with Crippen LogP contribution in [0.4, 0.5) is 4.79 Å². The topological polar surface area (TPSA) is 78.4 Å². The second-order valence-corrected chi connectivity index (χ2v) is 5.92. The number of thiophene rings is 1. The number of hydrogen-bond acceptors (Lipinski definition) is 3. The van der Waals surface area contributed by atoms with Crippen molar-refractivity contribution < 1.29 is 14.7 Å². The second kappa shape index (κ2) is 7.13. The summed E-state index contributed by atoms with van der Waals surface area (Å²) in [6.07, 6.45) is 0.426. The lowest BCUT2D eigenvalue weighted by atomic mass is 10.1. The lowest BCUT2D eigenvalue weighted by Crippen LogP contribution is -2.38. The summed E-state index contributed by atoms with van der Waals surface area (Å²) in [6.45, 7) is 5.92. The lowest BCUT2D eigenvalue weighted by molar-refractivity contribution is -0.141. The zero-order valence-corrected chi connectivity index (χ0v) is 12.2. The Balaban J connectivity index is 2.29. The van der Waals surface area contributed by atoms with Crippen molar-refractivity contribution in [3.63, 3.8) is 0 Å². The molecule has 2 atom stereocenters. The van der Waals surface area contributed by atoms with Crippen LogP contribution in [0.3, 0.4) is 0 Å². The van der Waals surface area contributed by atoms with Crippen molar-refractivity contribution in [2.45, 2.75) is 33.2 Å². The number of hydrogen-bond donors (Lipinski definition) is 3. The van der Waals surface area contributed by atoms with Crippen molar-refractivity contribution in [2.24, 2.45) is 5.92 Å². The summed E-state index contributed by atoms with van der Waals surface area (Å²) in [7, 11) is 0. The number of amides is 2. The standard InChI is InChI=1S/C13H20N2O3S/c1-8(12(16)17)6-7-14-13(18)15-10(3)11-5-4-9(2)19-11/h4-5,8,10H,6-7H2,1-3H3,(H,16,17)(H2,14,15,18). The molecule has 5 nitrogen and oxygen atoms in total. The predicted molar refractivity (Wildman–Crippen MR) is 75.4 cm³/mol. The molecule has 1 aromatic heterocycles. The summed E-state index contributed by atoms with van der Waals surface area (Å²) in [4.78, 5) is 24.5. The molecule has 0 saturated heterocycles. The number of rotatable bonds is 6. The molecule has 0 saturated carbocycles. The fourth-order valence-electron chi connectivity index (χ4n) is 1.53. The SMILES string of the molecule is Cc1ccc(C(C)NC(=O)NCCC(C)C(=O)O)s1. The van der Waals surface area contributed by atoms with Gasteiger partial charge in [-0.2, -0.15) is 0 Å². The van der Waals surface area contributed by atoms with Crippen LogP contribution in [0.15, 0.2) is 12.1 Å². The third-order valence-corrected chi connectivity index (χ3v) is 4.00. The zero-order chi connectivity index (χ0) is 14.4. The third kappa shape index (κ3) is 5.30. The Kier molecular flexibility index (Phi) is 5.82. The van der Waals surface area contributed by atoms with Gasteiger partial charge in [0.05, 0.1) is 12.0 Å². The first-order valence-corrected chi connectivity index (χ1v) is 7.05. The van der Waals surface area contributed by atoms with Crippen molar-refractivity contribution >= 4 is 23.3 Å². The molecule has 0 aliphatic heterocycles. The molecule has 0 fully saturated rings. The number of carboxylic acids is 1. The van der Waals surface area contributed by atoms with Gasteiger partial charge in [-0.1, -0.05) is 6.92 Å². The Labute approximate surface area is 117 Å². The van der Waals surface area contributed by atoms with Gasteiger partial charge in [-0.3, -0.25) is 4.79 Å². The predicted octanol–water partition coefficient (Wildman–Crippen LogP) is 2.53. The van der Waals surface area contributed by atoms with E-state index in [-0.39, 0.29) is 12.1 Å². The molecule has 0 radical (unpaired) electrons. The smallest absolute Gasteiger partial charge is 0.315 e. The largest absolute Gasteiger partial charge is 0.481 e. The first-order chi connectivity index (χ1) is 8.90. The summed E-state index contributed by atoms with van der Waals surface area (Å²) < 4.78 is 0. The normalized spacial score (nSPS) is 13.6. The molecular weight excluding hydrogens is 264 g/mol. The lowest BCUT2D eigenvalue weighted by Gasteiger charge is -2.13. The van der Waals surface area contributed by atoms with Crippen LogP contribution >= 0.6 is 11.3 Å². The van der Waals surface area contributed by atoms with E-state index in [1.165, 1.54) is 4.88 Å². The highest BCUT2D eigenvalue weighted by atomic mass is 32.1. The summed E-state index contributed by atoms with van der Waals surface area (Å²) >= 11 is 1.65. The van der Waals surface area contributed by atoms with Crippen LogP contribution in [0.1, 0.15) is 36.1 Å². The average molecular weight is 284 g/mol. The number of carbonyl (C=O) groups excluding carboxylic acids is 1. The Morgan fingerprint density at radius 1 is 1.37 bits per heavy atom. The minimum Gasteiger partial charge on any atom is -0.481 e. The Bertz CT molecular complexity index is 445. The molecule has 0 spiro atoms. The quantitative estimate of drug-likeness (QED) is 0.751. The fourth-order valence-corrected chi connectivity index (χ4v) is 2.41. The summed E-state index contributed by atoms with van der Waals surface area (Å²) in [5, 5.41) is 14.2. The van der Waals surface area contributed by atoms with E-state index in [9.17, 15) is 9.59 Å². The molecule has 0 aliphatic rings. The van der Waals surface area contributed by atoms with Crippen LogP contribution in [0.5, 0.6) is 0 Å². The second-order valence-electron chi connectivity index (χ2n) is 4.60. The molecule has 0 aromatic carbocycles. The highest BCUT2D eigenvalue weighted by molar-refractivity contribution is 7.12. The molecule has 0 bridgehead atoms. The molecule has 1 heterocycles. The first kappa shape index (κ1) is 15.5.